The van der Waals surface area contributed by atoms with E-state index in [2.05, 4.69) is 12.2 Å². The minimum absolute atomic E-state index is 0.0829. The molecule has 2 aromatic rings. The molecule has 8 heteroatoms. The Morgan fingerprint density at radius 2 is 1.81 bits per heavy atom. The Morgan fingerprint density at radius 3 is 2.50 bits per heavy atom. The number of unbranched alkanes of at least 4 members (excludes halogenated alkanes) is 3. The number of methoxy groups -OCH3 is 1. The quantitative estimate of drug-likeness (QED) is 0.447. The van der Waals surface area contributed by atoms with Gasteiger partial charge in [-0.1, -0.05) is 44.4 Å². The molecule has 2 aliphatic heterocycles. The normalized spacial score (nSPS) is 21.8. The molecule has 0 aromatic heterocycles. The van der Waals surface area contributed by atoms with Gasteiger partial charge in [0.1, 0.15) is 5.75 Å². The maximum absolute atomic E-state index is 13.2. The van der Waals surface area contributed by atoms with Crippen LogP contribution in [0.5, 0.6) is 17.2 Å². The predicted molar refractivity (Wildman–Crippen MR) is 135 cm³/mol. The van der Waals surface area contributed by atoms with Crippen LogP contribution in [0.3, 0.4) is 0 Å². The van der Waals surface area contributed by atoms with Crippen molar-refractivity contribution in [1.29, 1.82) is 0 Å². The lowest BCUT2D eigenvalue weighted by atomic mass is 9.82. The van der Waals surface area contributed by atoms with Crippen molar-refractivity contribution >= 4 is 11.9 Å². The highest BCUT2D eigenvalue weighted by atomic mass is 16.7. The van der Waals surface area contributed by atoms with Crippen molar-refractivity contribution in [3.63, 3.8) is 0 Å². The molecule has 0 radical (unpaired) electrons. The van der Waals surface area contributed by atoms with Gasteiger partial charge in [0.25, 0.3) is 0 Å². The van der Waals surface area contributed by atoms with Crippen molar-refractivity contribution < 1.29 is 28.9 Å². The van der Waals surface area contributed by atoms with Crippen LogP contribution in [0, 0.1) is 5.92 Å². The topological polar surface area (TPSA) is 97.3 Å². The zero-order valence-electron chi connectivity index (χ0n) is 21.2. The lowest BCUT2D eigenvalue weighted by Crippen LogP contribution is -2.46. The largest absolute Gasteiger partial charge is 0.497 e. The average Bonchev–Trinajstić information content (AvgIpc) is 3.52. The van der Waals surface area contributed by atoms with Gasteiger partial charge >= 0.3 is 5.97 Å². The molecule has 0 bridgehead atoms. The summed E-state index contributed by atoms with van der Waals surface area (Å²) in [4.78, 5) is 27.9. The molecule has 0 saturated carbocycles. The Balaban J connectivity index is 1.64. The number of aliphatic carboxylic acids is 1. The molecule has 194 valence electrons. The number of nitrogens with zero attached hydrogens (tertiary/aromatic N) is 1. The third-order valence-electron chi connectivity index (χ3n) is 7.31. The van der Waals surface area contributed by atoms with Crippen LogP contribution in [-0.2, 0) is 9.59 Å². The zero-order valence-corrected chi connectivity index (χ0v) is 21.2. The van der Waals surface area contributed by atoms with Crippen LogP contribution in [0.1, 0.15) is 62.6 Å². The van der Waals surface area contributed by atoms with Crippen LogP contribution in [0.2, 0.25) is 0 Å². The monoisotopic (exact) mass is 496 g/mol. The minimum atomic E-state index is -0.895. The summed E-state index contributed by atoms with van der Waals surface area (Å²) in [6, 6.07) is 12.1. The van der Waals surface area contributed by atoms with Gasteiger partial charge in [-0.25, -0.2) is 0 Å². The summed E-state index contributed by atoms with van der Waals surface area (Å²) < 4.78 is 16.3. The van der Waals surface area contributed by atoms with Crippen molar-refractivity contribution in [3.05, 3.63) is 53.6 Å². The molecule has 2 heterocycles. The highest BCUT2D eigenvalue weighted by Crippen LogP contribution is 2.48. The summed E-state index contributed by atoms with van der Waals surface area (Å²) in [6.07, 6.45) is 4.30. The number of hydrogen-bond acceptors (Lipinski definition) is 6. The van der Waals surface area contributed by atoms with E-state index in [1.807, 2.05) is 54.3 Å². The number of carboxylic acids is 1. The third-order valence-corrected chi connectivity index (χ3v) is 7.31. The Morgan fingerprint density at radius 1 is 1.08 bits per heavy atom. The fourth-order valence-corrected chi connectivity index (χ4v) is 5.30. The fraction of sp³-hybridized carbons (Fsp3) is 0.500. The van der Waals surface area contributed by atoms with E-state index in [1.165, 1.54) is 0 Å². The van der Waals surface area contributed by atoms with Crippen molar-refractivity contribution in [2.24, 2.45) is 5.92 Å². The first-order valence-corrected chi connectivity index (χ1v) is 12.7. The van der Waals surface area contributed by atoms with E-state index < -0.39 is 24.0 Å². The maximum atomic E-state index is 13.2. The molecule has 2 aromatic carbocycles. The second-order valence-electron chi connectivity index (χ2n) is 9.53. The number of likely N-dealkylation sites (tertiary alicyclic amines) is 1. The summed E-state index contributed by atoms with van der Waals surface area (Å²) in [5.74, 6) is -0.0894. The number of benzene rings is 2. The van der Waals surface area contributed by atoms with Crippen molar-refractivity contribution in [2.75, 3.05) is 27.0 Å². The number of fused-ring (bicyclic) bond motifs is 1. The van der Waals surface area contributed by atoms with Crippen molar-refractivity contribution in [3.8, 4) is 17.2 Å². The second kappa shape index (κ2) is 11.6. The highest BCUT2D eigenvalue weighted by Gasteiger charge is 2.50. The van der Waals surface area contributed by atoms with E-state index in [4.69, 9.17) is 14.2 Å². The van der Waals surface area contributed by atoms with Crippen molar-refractivity contribution in [1.82, 2.24) is 10.2 Å². The van der Waals surface area contributed by atoms with Crippen LogP contribution >= 0.6 is 0 Å². The van der Waals surface area contributed by atoms with Crippen LogP contribution in [-0.4, -0.2) is 54.9 Å². The number of nitrogens with one attached hydrogen (secondary N) is 1. The first-order valence-electron chi connectivity index (χ1n) is 12.7. The lowest BCUT2D eigenvalue weighted by molar-refractivity contribution is -0.143. The van der Waals surface area contributed by atoms with E-state index in [0.717, 1.165) is 36.8 Å². The molecule has 0 spiro atoms. The summed E-state index contributed by atoms with van der Waals surface area (Å²) in [5, 5.41) is 13.5. The maximum Gasteiger partial charge on any atom is 0.309 e. The third kappa shape index (κ3) is 5.43. The molecule has 1 saturated heterocycles. The van der Waals surface area contributed by atoms with E-state index in [9.17, 15) is 14.7 Å². The van der Waals surface area contributed by atoms with E-state index in [0.29, 0.717) is 30.3 Å². The second-order valence-corrected chi connectivity index (χ2v) is 9.53. The van der Waals surface area contributed by atoms with Gasteiger partial charge in [0, 0.05) is 25.0 Å². The summed E-state index contributed by atoms with van der Waals surface area (Å²) in [7, 11) is 1.60. The van der Waals surface area contributed by atoms with Gasteiger partial charge in [0.15, 0.2) is 11.5 Å². The SMILES string of the molecule is CCCCCCNC(=O)C(C)N1CC(c2ccc3c(c2)OCO3)C(C(=O)O)C1c1ccc(OC)cc1. The van der Waals surface area contributed by atoms with Crippen LogP contribution in [0.15, 0.2) is 42.5 Å². The molecule has 4 rings (SSSR count). The molecule has 36 heavy (non-hydrogen) atoms. The predicted octanol–water partition coefficient (Wildman–Crippen LogP) is 4.35. The molecule has 0 aliphatic carbocycles. The number of rotatable bonds is 11. The van der Waals surface area contributed by atoms with E-state index in [-0.39, 0.29) is 18.6 Å². The number of carbonyl (C=O) groups is 2. The van der Waals surface area contributed by atoms with Gasteiger partial charge in [0.05, 0.1) is 19.1 Å². The number of carboxylic acid groups (broad SMARTS) is 1. The van der Waals surface area contributed by atoms with Gasteiger partial charge in [-0.2, -0.15) is 0 Å². The van der Waals surface area contributed by atoms with Gasteiger partial charge in [-0.3, -0.25) is 14.5 Å². The average molecular weight is 497 g/mol. The molecule has 1 amide bonds. The zero-order chi connectivity index (χ0) is 25.7. The molecular weight excluding hydrogens is 460 g/mol. The number of carbonyl (C=O) groups excluding carboxylic acids is 1. The summed E-state index contributed by atoms with van der Waals surface area (Å²) in [5.41, 5.74) is 1.70. The Kier molecular flexibility index (Phi) is 8.36. The minimum Gasteiger partial charge on any atom is -0.497 e. The lowest BCUT2D eigenvalue weighted by Gasteiger charge is -2.31. The fourth-order valence-electron chi connectivity index (χ4n) is 5.30. The van der Waals surface area contributed by atoms with Crippen LogP contribution in [0.4, 0.5) is 0 Å². The van der Waals surface area contributed by atoms with E-state index >= 15 is 0 Å². The first kappa shape index (κ1) is 25.8. The molecular formula is C28H36N2O6. The number of hydrogen-bond donors (Lipinski definition) is 2. The van der Waals surface area contributed by atoms with Gasteiger partial charge < -0.3 is 24.6 Å². The molecule has 1 fully saturated rings. The summed E-state index contributed by atoms with van der Waals surface area (Å²) in [6.45, 7) is 5.22. The first-order chi connectivity index (χ1) is 17.4. The molecule has 2 N–H and O–H groups in total. The number of amides is 1. The Bertz CT molecular complexity index is 1060. The van der Waals surface area contributed by atoms with Gasteiger partial charge in [0.2, 0.25) is 12.7 Å². The smallest absolute Gasteiger partial charge is 0.309 e. The van der Waals surface area contributed by atoms with Crippen LogP contribution < -0.4 is 19.5 Å². The van der Waals surface area contributed by atoms with E-state index in [1.54, 1.807) is 7.11 Å². The standard InChI is InChI=1S/C28H36N2O6/c1-4-5-6-7-14-29-27(31)18(2)30-16-22(20-10-13-23-24(15-20)36-17-35-23)25(28(32)33)26(30)19-8-11-21(34-3)12-9-19/h8-13,15,18,22,25-26H,4-7,14,16-17H2,1-3H3,(H,29,31)(H,32,33). The number of ether oxygens (including phenoxy) is 3. The Labute approximate surface area is 212 Å². The molecule has 4 unspecified atom stereocenters. The van der Waals surface area contributed by atoms with Gasteiger partial charge in [-0.15, -0.1) is 0 Å². The molecule has 8 nitrogen and oxygen atoms in total. The molecule has 4 atom stereocenters. The summed E-state index contributed by atoms with van der Waals surface area (Å²) >= 11 is 0. The van der Waals surface area contributed by atoms with Gasteiger partial charge in [-0.05, 0) is 48.7 Å². The highest BCUT2D eigenvalue weighted by molar-refractivity contribution is 5.82. The Hall–Kier alpha value is -3.26. The van der Waals surface area contributed by atoms with Crippen LogP contribution in [0.25, 0.3) is 0 Å². The molecule has 2 aliphatic rings. The van der Waals surface area contributed by atoms with Crippen molar-refractivity contribution in [2.45, 2.75) is 57.5 Å².